The Hall–Kier alpha value is -1.95. The van der Waals surface area contributed by atoms with Crippen molar-refractivity contribution in [2.45, 2.75) is 32.6 Å². The number of amides is 1. The Bertz CT molecular complexity index is 708. The highest BCUT2D eigenvalue weighted by Gasteiger charge is 2.22. The van der Waals surface area contributed by atoms with Gasteiger partial charge in [0.05, 0.1) is 17.2 Å². The Kier molecular flexibility index (Phi) is 5.68. The molecule has 1 saturated heterocycles. The lowest BCUT2D eigenvalue weighted by Gasteiger charge is -2.35. The molecule has 1 aliphatic heterocycles. The quantitative estimate of drug-likeness (QED) is 0.906. The van der Waals surface area contributed by atoms with Gasteiger partial charge in [0.25, 0.3) is 5.91 Å². The van der Waals surface area contributed by atoms with Crippen molar-refractivity contribution in [3.63, 3.8) is 0 Å². The number of nitrogens with zero attached hydrogens (tertiary/aromatic N) is 2. The maximum absolute atomic E-state index is 12.3. The van der Waals surface area contributed by atoms with Crippen LogP contribution in [-0.4, -0.2) is 41.1 Å². The molecule has 0 aliphatic carbocycles. The first-order chi connectivity index (χ1) is 12.0. The number of anilines is 1. The number of carbonyl (C=O) groups excluding carboxylic acids is 1. The second-order valence-corrected chi connectivity index (χ2v) is 6.90. The monoisotopic (exact) mass is 359 g/mol. The zero-order chi connectivity index (χ0) is 17.8. The second-order valence-electron chi connectivity index (χ2n) is 6.46. The van der Waals surface area contributed by atoms with Crippen LogP contribution >= 0.6 is 11.6 Å². The molecule has 132 valence electrons. The summed E-state index contributed by atoms with van der Waals surface area (Å²) in [6, 6.07) is 11.0. The Labute approximate surface area is 153 Å². The molecule has 2 heterocycles. The first kappa shape index (κ1) is 17.9. The highest BCUT2D eigenvalue weighted by Crippen LogP contribution is 2.16. The van der Waals surface area contributed by atoms with E-state index in [0.717, 1.165) is 19.6 Å². The SMILES string of the molecule is CC1CN(Cc2ccc(C(=O)Nc3ccc(Cl)cn3)cc2)CC(C)O1. The van der Waals surface area contributed by atoms with E-state index in [9.17, 15) is 4.79 Å². The molecule has 0 radical (unpaired) electrons. The van der Waals surface area contributed by atoms with Gasteiger partial charge in [0.2, 0.25) is 0 Å². The molecule has 0 bridgehead atoms. The molecule has 2 atom stereocenters. The highest BCUT2D eigenvalue weighted by atomic mass is 35.5. The van der Waals surface area contributed by atoms with Gasteiger partial charge in [-0.05, 0) is 43.7 Å². The second kappa shape index (κ2) is 7.95. The number of carbonyl (C=O) groups is 1. The standard InChI is InChI=1S/C19H22ClN3O2/c1-13-10-23(11-14(2)25-13)12-15-3-5-16(6-4-15)19(24)22-18-8-7-17(20)9-21-18/h3-9,13-14H,10-12H2,1-2H3,(H,21,22,24). The van der Waals surface area contributed by atoms with E-state index < -0.39 is 0 Å². The largest absolute Gasteiger partial charge is 0.373 e. The molecule has 0 saturated carbocycles. The average Bonchev–Trinajstić information content (AvgIpc) is 2.56. The van der Waals surface area contributed by atoms with Gasteiger partial charge in [-0.15, -0.1) is 0 Å². The summed E-state index contributed by atoms with van der Waals surface area (Å²) in [5.74, 6) is 0.296. The third kappa shape index (κ3) is 5.01. The van der Waals surface area contributed by atoms with Crippen molar-refractivity contribution < 1.29 is 9.53 Å². The molecular formula is C19H22ClN3O2. The van der Waals surface area contributed by atoms with Gasteiger partial charge >= 0.3 is 0 Å². The van der Waals surface area contributed by atoms with Crippen LogP contribution in [0.2, 0.25) is 5.02 Å². The Balaban J connectivity index is 1.59. The third-order valence-corrected chi connectivity index (χ3v) is 4.31. The Morgan fingerprint density at radius 1 is 1.20 bits per heavy atom. The maximum atomic E-state index is 12.3. The number of nitrogens with one attached hydrogen (secondary N) is 1. The topological polar surface area (TPSA) is 54.5 Å². The van der Waals surface area contributed by atoms with Gasteiger partial charge in [-0.25, -0.2) is 4.98 Å². The minimum Gasteiger partial charge on any atom is -0.373 e. The fourth-order valence-corrected chi connectivity index (χ4v) is 3.18. The smallest absolute Gasteiger partial charge is 0.256 e. The van der Waals surface area contributed by atoms with Crippen molar-refractivity contribution in [3.8, 4) is 0 Å². The summed E-state index contributed by atoms with van der Waals surface area (Å²) in [5.41, 5.74) is 1.78. The lowest BCUT2D eigenvalue weighted by atomic mass is 10.1. The average molecular weight is 360 g/mol. The van der Waals surface area contributed by atoms with Crippen LogP contribution in [-0.2, 0) is 11.3 Å². The van der Waals surface area contributed by atoms with Gasteiger partial charge in [0.1, 0.15) is 5.82 Å². The van der Waals surface area contributed by atoms with Gasteiger partial charge < -0.3 is 10.1 Å². The van der Waals surface area contributed by atoms with E-state index >= 15 is 0 Å². The van der Waals surface area contributed by atoms with E-state index in [-0.39, 0.29) is 18.1 Å². The number of ether oxygens (including phenoxy) is 1. The van der Waals surface area contributed by atoms with E-state index in [2.05, 4.69) is 29.0 Å². The van der Waals surface area contributed by atoms with Crippen molar-refractivity contribution in [1.82, 2.24) is 9.88 Å². The molecule has 1 fully saturated rings. The van der Waals surface area contributed by atoms with Crippen LogP contribution in [0.5, 0.6) is 0 Å². The van der Waals surface area contributed by atoms with Crippen LogP contribution < -0.4 is 5.32 Å². The van der Waals surface area contributed by atoms with Crippen LogP contribution in [0.15, 0.2) is 42.6 Å². The lowest BCUT2D eigenvalue weighted by Crippen LogP contribution is -2.44. The number of aromatic nitrogens is 1. The van der Waals surface area contributed by atoms with Crippen molar-refractivity contribution in [2.24, 2.45) is 0 Å². The molecule has 25 heavy (non-hydrogen) atoms. The molecule has 6 heteroatoms. The molecule has 1 N–H and O–H groups in total. The minimum absolute atomic E-state index is 0.185. The number of benzene rings is 1. The molecule has 3 rings (SSSR count). The number of hydrogen-bond donors (Lipinski definition) is 1. The van der Waals surface area contributed by atoms with Crippen molar-refractivity contribution >= 4 is 23.3 Å². The van der Waals surface area contributed by atoms with Crippen LogP contribution in [0.1, 0.15) is 29.8 Å². The normalized spacial score (nSPS) is 21.1. The molecule has 2 unspecified atom stereocenters. The predicted octanol–water partition coefficient (Wildman–Crippen LogP) is 3.60. The molecule has 1 aromatic heterocycles. The van der Waals surface area contributed by atoms with E-state index in [4.69, 9.17) is 16.3 Å². The summed E-state index contributed by atoms with van der Waals surface area (Å²) >= 11 is 5.79. The number of rotatable bonds is 4. The molecular weight excluding hydrogens is 338 g/mol. The third-order valence-electron chi connectivity index (χ3n) is 4.09. The highest BCUT2D eigenvalue weighted by molar-refractivity contribution is 6.30. The zero-order valence-electron chi connectivity index (χ0n) is 14.4. The fraction of sp³-hybridized carbons (Fsp3) is 0.368. The van der Waals surface area contributed by atoms with Gasteiger partial charge in [-0.2, -0.15) is 0 Å². The number of hydrogen-bond acceptors (Lipinski definition) is 4. The number of morpholine rings is 1. The van der Waals surface area contributed by atoms with E-state index in [1.165, 1.54) is 11.8 Å². The van der Waals surface area contributed by atoms with Crippen LogP contribution in [0, 0.1) is 0 Å². The molecule has 1 aromatic carbocycles. The first-order valence-corrected chi connectivity index (χ1v) is 8.77. The summed E-state index contributed by atoms with van der Waals surface area (Å²) < 4.78 is 5.76. The van der Waals surface area contributed by atoms with Gasteiger partial charge in [-0.1, -0.05) is 23.7 Å². The summed E-state index contributed by atoms with van der Waals surface area (Å²) in [7, 11) is 0. The Morgan fingerprint density at radius 2 is 1.88 bits per heavy atom. The predicted molar refractivity (Wildman–Crippen MR) is 98.9 cm³/mol. The lowest BCUT2D eigenvalue weighted by molar-refractivity contribution is -0.0704. The molecule has 5 nitrogen and oxygen atoms in total. The number of pyridine rings is 1. The van der Waals surface area contributed by atoms with Gasteiger partial charge in [-0.3, -0.25) is 9.69 Å². The van der Waals surface area contributed by atoms with Crippen LogP contribution in [0.4, 0.5) is 5.82 Å². The zero-order valence-corrected chi connectivity index (χ0v) is 15.2. The molecule has 2 aromatic rings. The molecule has 0 spiro atoms. The maximum Gasteiger partial charge on any atom is 0.256 e. The van der Waals surface area contributed by atoms with E-state index in [0.29, 0.717) is 16.4 Å². The van der Waals surface area contributed by atoms with E-state index in [1.807, 2.05) is 24.3 Å². The summed E-state index contributed by atoms with van der Waals surface area (Å²) in [6.45, 7) is 6.91. The van der Waals surface area contributed by atoms with Gasteiger partial charge in [0, 0.05) is 31.4 Å². The van der Waals surface area contributed by atoms with Gasteiger partial charge in [0.15, 0.2) is 0 Å². The first-order valence-electron chi connectivity index (χ1n) is 8.39. The molecule has 1 amide bonds. The van der Waals surface area contributed by atoms with Crippen molar-refractivity contribution in [3.05, 3.63) is 58.7 Å². The fourth-order valence-electron chi connectivity index (χ4n) is 3.07. The minimum atomic E-state index is -0.185. The van der Waals surface area contributed by atoms with Crippen LogP contribution in [0.25, 0.3) is 0 Å². The van der Waals surface area contributed by atoms with Crippen molar-refractivity contribution in [1.29, 1.82) is 0 Å². The summed E-state index contributed by atoms with van der Waals surface area (Å²) in [5, 5.41) is 3.30. The molecule has 1 aliphatic rings. The van der Waals surface area contributed by atoms with Crippen LogP contribution in [0.3, 0.4) is 0 Å². The summed E-state index contributed by atoms with van der Waals surface area (Å²) in [6.07, 6.45) is 2.01. The number of halogens is 1. The van der Waals surface area contributed by atoms with E-state index in [1.54, 1.807) is 12.1 Å². The van der Waals surface area contributed by atoms with Crippen molar-refractivity contribution in [2.75, 3.05) is 18.4 Å². The Morgan fingerprint density at radius 3 is 2.48 bits per heavy atom. The summed E-state index contributed by atoms with van der Waals surface area (Å²) in [4.78, 5) is 18.7.